The van der Waals surface area contributed by atoms with Gasteiger partial charge in [0.2, 0.25) is 0 Å². The second kappa shape index (κ2) is 4.76. The average molecular weight is 257 g/mol. The molecule has 0 aliphatic rings. The first-order valence-corrected chi connectivity index (χ1v) is 7.26. The van der Waals surface area contributed by atoms with E-state index in [1.807, 2.05) is 13.8 Å². The molecule has 0 amide bonds. The van der Waals surface area contributed by atoms with E-state index in [0.717, 1.165) is 6.26 Å². The lowest BCUT2D eigenvalue weighted by molar-refractivity contribution is 0.0555. The second-order valence-corrected chi connectivity index (χ2v) is 6.95. The van der Waals surface area contributed by atoms with Crippen LogP contribution in [0.4, 0.5) is 0 Å². The fourth-order valence-corrected chi connectivity index (χ4v) is 2.09. The Labute approximate surface area is 102 Å². The van der Waals surface area contributed by atoms with Crippen molar-refractivity contribution in [3.8, 4) is 0 Å². The monoisotopic (exact) mass is 257 g/mol. The van der Waals surface area contributed by atoms with Crippen LogP contribution in [0.2, 0.25) is 0 Å². The fourth-order valence-electron chi connectivity index (χ4n) is 1.46. The molecular formula is C12H19NO3S. The van der Waals surface area contributed by atoms with E-state index in [1.54, 1.807) is 12.1 Å². The summed E-state index contributed by atoms with van der Waals surface area (Å²) < 4.78 is 22.6. The molecule has 0 saturated heterocycles. The lowest BCUT2D eigenvalue weighted by Crippen LogP contribution is -2.30. The van der Waals surface area contributed by atoms with Crippen LogP contribution in [0.3, 0.4) is 0 Å². The highest BCUT2D eigenvalue weighted by molar-refractivity contribution is 7.90. The van der Waals surface area contributed by atoms with Crippen LogP contribution in [0, 0.1) is 5.41 Å². The highest BCUT2D eigenvalue weighted by Gasteiger charge is 2.27. The van der Waals surface area contributed by atoms with Crippen molar-refractivity contribution in [3.63, 3.8) is 0 Å². The summed E-state index contributed by atoms with van der Waals surface area (Å²) in [6, 6.07) is 6.25. The van der Waals surface area contributed by atoms with Crippen molar-refractivity contribution < 1.29 is 13.5 Å². The van der Waals surface area contributed by atoms with Gasteiger partial charge in [-0.1, -0.05) is 26.0 Å². The number of rotatable bonds is 4. The summed E-state index contributed by atoms with van der Waals surface area (Å²) in [5.74, 6) is 0. The zero-order valence-corrected chi connectivity index (χ0v) is 11.2. The van der Waals surface area contributed by atoms with Crippen molar-refractivity contribution in [2.75, 3.05) is 12.8 Å². The molecule has 0 aliphatic heterocycles. The first-order chi connectivity index (χ1) is 7.68. The number of nitrogens with two attached hydrogens (primary N) is 1. The number of benzene rings is 1. The molecule has 1 atom stereocenters. The lowest BCUT2D eigenvalue weighted by atomic mass is 9.83. The first-order valence-electron chi connectivity index (χ1n) is 5.36. The first kappa shape index (κ1) is 14.2. The smallest absolute Gasteiger partial charge is 0.175 e. The Morgan fingerprint density at radius 2 is 1.76 bits per heavy atom. The lowest BCUT2D eigenvalue weighted by Gasteiger charge is -2.29. The molecule has 0 fully saturated rings. The van der Waals surface area contributed by atoms with Gasteiger partial charge >= 0.3 is 0 Å². The van der Waals surface area contributed by atoms with Gasteiger partial charge in [0, 0.05) is 18.2 Å². The molecule has 0 spiro atoms. The van der Waals surface area contributed by atoms with Crippen LogP contribution < -0.4 is 5.73 Å². The largest absolute Gasteiger partial charge is 0.388 e. The minimum Gasteiger partial charge on any atom is -0.388 e. The maximum atomic E-state index is 11.3. The number of hydrogen-bond acceptors (Lipinski definition) is 4. The van der Waals surface area contributed by atoms with Crippen LogP contribution >= 0.6 is 0 Å². The van der Waals surface area contributed by atoms with Crippen molar-refractivity contribution in [1.29, 1.82) is 0 Å². The third kappa shape index (κ3) is 3.28. The standard InChI is InChI=1S/C12H19NO3S/c1-12(2,8-13)11(14)9-4-6-10(7-5-9)17(3,15)16/h4-7,11,14H,8,13H2,1-3H3. The summed E-state index contributed by atoms with van der Waals surface area (Å²) in [4.78, 5) is 0.249. The molecule has 4 nitrogen and oxygen atoms in total. The van der Waals surface area contributed by atoms with Gasteiger partial charge in [-0.3, -0.25) is 0 Å². The Hall–Kier alpha value is -0.910. The number of hydrogen-bond donors (Lipinski definition) is 2. The Morgan fingerprint density at radius 3 is 2.12 bits per heavy atom. The average Bonchev–Trinajstić information content (AvgIpc) is 2.27. The Morgan fingerprint density at radius 1 is 1.29 bits per heavy atom. The molecule has 17 heavy (non-hydrogen) atoms. The van der Waals surface area contributed by atoms with E-state index in [4.69, 9.17) is 5.73 Å². The van der Waals surface area contributed by atoms with Gasteiger partial charge in [0.05, 0.1) is 11.0 Å². The Kier molecular flexibility index (Phi) is 3.96. The maximum Gasteiger partial charge on any atom is 0.175 e. The van der Waals surface area contributed by atoms with Crippen molar-refractivity contribution >= 4 is 9.84 Å². The van der Waals surface area contributed by atoms with Gasteiger partial charge in [0.25, 0.3) is 0 Å². The van der Waals surface area contributed by atoms with E-state index in [-0.39, 0.29) is 4.90 Å². The van der Waals surface area contributed by atoms with Crippen LogP contribution in [-0.2, 0) is 9.84 Å². The SMILES string of the molecule is CC(C)(CN)C(O)c1ccc(S(C)(=O)=O)cc1. The van der Waals surface area contributed by atoms with E-state index in [0.29, 0.717) is 12.1 Å². The topological polar surface area (TPSA) is 80.4 Å². The third-order valence-corrected chi connectivity index (χ3v) is 4.02. The minimum absolute atomic E-state index is 0.249. The van der Waals surface area contributed by atoms with Crippen LogP contribution in [-0.4, -0.2) is 26.3 Å². The van der Waals surface area contributed by atoms with E-state index in [1.165, 1.54) is 12.1 Å². The maximum absolute atomic E-state index is 11.3. The van der Waals surface area contributed by atoms with E-state index in [9.17, 15) is 13.5 Å². The van der Waals surface area contributed by atoms with Crippen molar-refractivity contribution in [2.24, 2.45) is 11.1 Å². The quantitative estimate of drug-likeness (QED) is 0.846. The Bertz CT molecular complexity index is 477. The van der Waals surface area contributed by atoms with Crippen LogP contribution in [0.25, 0.3) is 0 Å². The van der Waals surface area contributed by atoms with Crippen LogP contribution in [0.5, 0.6) is 0 Å². The van der Waals surface area contributed by atoms with Crippen LogP contribution in [0.1, 0.15) is 25.5 Å². The molecule has 5 heteroatoms. The highest BCUT2D eigenvalue weighted by Crippen LogP contribution is 2.32. The third-order valence-electron chi connectivity index (χ3n) is 2.89. The molecule has 1 unspecified atom stereocenters. The van der Waals surface area contributed by atoms with Crippen molar-refractivity contribution in [2.45, 2.75) is 24.8 Å². The van der Waals surface area contributed by atoms with Gasteiger partial charge in [0.15, 0.2) is 9.84 Å². The summed E-state index contributed by atoms with van der Waals surface area (Å²) in [5.41, 5.74) is 5.82. The molecular weight excluding hydrogens is 238 g/mol. The predicted molar refractivity (Wildman–Crippen MR) is 67.3 cm³/mol. The predicted octanol–water partition coefficient (Wildman–Crippen LogP) is 1.11. The molecule has 96 valence electrons. The molecule has 3 N–H and O–H groups in total. The van der Waals surface area contributed by atoms with Gasteiger partial charge in [-0.15, -0.1) is 0 Å². The van der Waals surface area contributed by atoms with Gasteiger partial charge < -0.3 is 10.8 Å². The van der Waals surface area contributed by atoms with Crippen LogP contribution in [0.15, 0.2) is 29.2 Å². The zero-order chi connectivity index (χ0) is 13.3. The minimum atomic E-state index is -3.19. The number of aliphatic hydroxyl groups is 1. The summed E-state index contributed by atoms with van der Waals surface area (Å²) in [6.07, 6.45) is 0.448. The van der Waals surface area contributed by atoms with E-state index >= 15 is 0 Å². The number of aliphatic hydroxyl groups excluding tert-OH is 1. The van der Waals surface area contributed by atoms with Gasteiger partial charge in [-0.05, 0) is 17.7 Å². The summed E-state index contributed by atoms with van der Waals surface area (Å²) in [7, 11) is -3.19. The molecule has 1 aromatic carbocycles. The van der Waals surface area contributed by atoms with Crippen molar-refractivity contribution in [1.82, 2.24) is 0 Å². The molecule has 1 aromatic rings. The normalized spacial score (nSPS) is 14.6. The Balaban J connectivity index is 3.04. The van der Waals surface area contributed by atoms with Crippen molar-refractivity contribution in [3.05, 3.63) is 29.8 Å². The molecule has 1 rings (SSSR count). The van der Waals surface area contributed by atoms with E-state index < -0.39 is 21.4 Å². The fraction of sp³-hybridized carbons (Fsp3) is 0.500. The highest BCUT2D eigenvalue weighted by atomic mass is 32.2. The van der Waals surface area contributed by atoms with E-state index in [2.05, 4.69) is 0 Å². The van der Waals surface area contributed by atoms with Gasteiger partial charge in [-0.2, -0.15) is 0 Å². The van der Waals surface area contributed by atoms with Gasteiger partial charge in [-0.25, -0.2) is 8.42 Å². The molecule has 0 aromatic heterocycles. The number of sulfone groups is 1. The van der Waals surface area contributed by atoms with Gasteiger partial charge in [0.1, 0.15) is 0 Å². The molecule has 0 saturated carbocycles. The zero-order valence-electron chi connectivity index (χ0n) is 10.3. The molecule has 0 heterocycles. The molecule has 0 aliphatic carbocycles. The summed E-state index contributed by atoms with van der Waals surface area (Å²) in [5, 5.41) is 10.1. The molecule has 0 radical (unpaired) electrons. The summed E-state index contributed by atoms with van der Waals surface area (Å²) >= 11 is 0. The summed E-state index contributed by atoms with van der Waals surface area (Å²) in [6.45, 7) is 4.08. The molecule has 0 bridgehead atoms. The second-order valence-electron chi connectivity index (χ2n) is 4.94.